The molecule has 0 spiro atoms. The summed E-state index contributed by atoms with van der Waals surface area (Å²) in [7, 11) is 0. The SMILES string of the molecule is CSN[C@H]1C[C@H](Oc2cccc(C(C)C)c2)C1. The summed E-state index contributed by atoms with van der Waals surface area (Å²) in [6.07, 6.45) is 4.70. The Morgan fingerprint density at radius 2 is 2.12 bits per heavy atom. The first-order valence-corrected chi connectivity index (χ1v) is 7.46. The van der Waals surface area contributed by atoms with Gasteiger partial charge in [-0.1, -0.05) is 37.9 Å². The Morgan fingerprint density at radius 3 is 2.76 bits per heavy atom. The largest absolute Gasteiger partial charge is 0.490 e. The average Bonchev–Trinajstić information content (AvgIpc) is 2.27. The van der Waals surface area contributed by atoms with E-state index in [-0.39, 0.29) is 0 Å². The van der Waals surface area contributed by atoms with Crippen LogP contribution in [0.4, 0.5) is 0 Å². The van der Waals surface area contributed by atoms with E-state index in [0.29, 0.717) is 18.1 Å². The molecule has 1 fully saturated rings. The molecule has 0 radical (unpaired) electrons. The van der Waals surface area contributed by atoms with E-state index in [2.05, 4.69) is 49.1 Å². The number of nitrogens with one attached hydrogen (secondary N) is 1. The molecule has 0 aromatic heterocycles. The van der Waals surface area contributed by atoms with E-state index in [9.17, 15) is 0 Å². The Hall–Kier alpha value is -0.670. The van der Waals surface area contributed by atoms with E-state index >= 15 is 0 Å². The minimum absolute atomic E-state index is 0.391. The lowest BCUT2D eigenvalue weighted by molar-refractivity contribution is 0.0956. The molecule has 17 heavy (non-hydrogen) atoms. The van der Waals surface area contributed by atoms with Crippen LogP contribution in [0, 0.1) is 0 Å². The number of hydrogen-bond donors (Lipinski definition) is 1. The average molecular weight is 251 g/mol. The first-order chi connectivity index (χ1) is 8.19. The molecule has 2 nitrogen and oxygen atoms in total. The topological polar surface area (TPSA) is 21.3 Å². The van der Waals surface area contributed by atoms with Gasteiger partial charge in [0.15, 0.2) is 0 Å². The third-order valence-electron chi connectivity index (χ3n) is 3.21. The van der Waals surface area contributed by atoms with Gasteiger partial charge in [-0.3, -0.25) is 4.72 Å². The van der Waals surface area contributed by atoms with Crippen molar-refractivity contribution in [2.45, 2.75) is 44.8 Å². The summed E-state index contributed by atoms with van der Waals surface area (Å²) in [6.45, 7) is 4.42. The molecule has 0 saturated heterocycles. The third-order valence-corrected chi connectivity index (χ3v) is 3.78. The molecule has 1 aliphatic rings. The molecule has 2 rings (SSSR count). The van der Waals surface area contributed by atoms with Crippen LogP contribution in [-0.4, -0.2) is 18.4 Å². The first-order valence-electron chi connectivity index (χ1n) is 6.24. The molecule has 0 unspecified atom stereocenters. The number of hydrogen-bond acceptors (Lipinski definition) is 3. The second-order valence-corrected chi connectivity index (χ2v) is 5.60. The van der Waals surface area contributed by atoms with E-state index in [4.69, 9.17) is 4.74 Å². The van der Waals surface area contributed by atoms with Crippen LogP contribution in [0.2, 0.25) is 0 Å². The van der Waals surface area contributed by atoms with Crippen molar-refractivity contribution in [3.63, 3.8) is 0 Å². The van der Waals surface area contributed by atoms with Gasteiger partial charge in [-0.15, -0.1) is 0 Å². The zero-order valence-corrected chi connectivity index (χ0v) is 11.6. The maximum atomic E-state index is 5.97. The van der Waals surface area contributed by atoms with Crippen molar-refractivity contribution in [3.8, 4) is 5.75 Å². The Kier molecular flexibility index (Phi) is 4.35. The molecule has 1 N–H and O–H groups in total. The second kappa shape index (κ2) is 5.78. The van der Waals surface area contributed by atoms with E-state index in [0.717, 1.165) is 18.6 Å². The fourth-order valence-electron chi connectivity index (χ4n) is 2.06. The summed E-state index contributed by atoms with van der Waals surface area (Å²) in [5.74, 6) is 1.58. The molecule has 1 aliphatic carbocycles. The van der Waals surface area contributed by atoms with Gasteiger partial charge < -0.3 is 4.74 Å². The maximum Gasteiger partial charge on any atom is 0.120 e. The quantitative estimate of drug-likeness (QED) is 0.808. The van der Waals surface area contributed by atoms with Gasteiger partial charge in [0.1, 0.15) is 11.9 Å². The lowest BCUT2D eigenvalue weighted by atomic mass is 9.90. The smallest absolute Gasteiger partial charge is 0.120 e. The summed E-state index contributed by atoms with van der Waals surface area (Å²) in [4.78, 5) is 0. The molecule has 3 heteroatoms. The zero-order valence-electron chi connectivity index (χ0n) is 10.8. The van der Waals surface area contributed by atoms with Crippen molar-refractivity contribution in [1.29, 1.82) is 0 Å². The minimum atomic E-state index is 0.391. The molecule has 1 aromatic carbocycles. The molecule has 1 aromatic rings. The molecule has 0 amide bonds. The monoisotopic (exact) mass is 251 g/mol. The zero-order chi connectivity index (χ0) is 12.3. The summed E-state index contributed by atoms with van der Waals surface area (Å²) >= 11 is 1.69. The second-order valence-electron chi connectivity index (χ2n) is 4.96. The van der Waals surface area contributed by atoms with Gasteiger partial charge in [0.25, 0.3) is 0 Å². The van der Waals surface area contributed by atoms with Gasteiger partial charge in [-0.2, -0.15) is 0 Å². The van der Waals surface area contributed by atoms with Crippen molar-refractivity contribution in [2.24, 2.45) is 0 Å². The van der Waals surface area contributed by atoms with E-state index in [1.54, 1.807) is 11.9 Å². The van der Waals surface area contributed by atoms with Gasteiger partial charge in [-0.05, 0) is 29.9 Å². The van der Waals surface area contributed by atoms with E-state index in [1.165, 1.54) is 5.56 Å². The molecular weight excluding hydrogens is 230 g/mol. The lowest BCUT2D eigenvalue weighted by Gasteiger charge is -2.35. The summed E-state index contributed by atoms with van der Waals surface area (Å²) < 4.78 is 9.33. The van der Waals surface area contributed by atoms with Crippen LogP contribution >= 0.6 is 11.9 Å². The highest BCUT2D eigenvalue weighted by Gasteiger charge is 2.30. The van der Waals surface area contributed by atoms with Gasteiger partial charge in [0.2, 0.25) is 0 Å². The summed E-state index contributed by atoms with van der Waals surface area (Å²) in [5, 5.41) is 0. The number of rotatable bonds is 5. The van der Waals surface area contributed by atoms with Gasteiger partial charge in [-0.25, -0.2) is 0 Å². The van der Waals surface area contributed by atoms with Gasteiger partial charge >= 0.3 is 0 Å². The van der Waals surface area contributed by atoms with Gasteiger partial charge in [0.05, 0.1) is 0 Å². The predicted molar refractivity (Wildman–Crippen MR) is 74.6 cm³/mol. The fourth-order valence-corrected chi connectivity index (χ4v) is 2.59. The number of benzene rings is 1. The Morgan fingerprint density at radius 1 is 1.35 bits per heavy atom. The molecular formula is C14H21NOS. The van der Waals surface area contributed by atoms with Crippen molar-refractivity contribution in [1.82, 2.24) is 4.72 Å². The highest BCUT2D eigenvalue weighted by molar-refractivity contribution is 7.96. The predicted octanol–water partition coefficient (Wildman–Crippen LogP) is 3.59. The fraction of sp³-hybridized carbons (Fsp3) is 0.571. The van der Waals surface area contributed by atoms with Crippen LogP contribution < -0.4 is 9.46 Å². The van der Waals surface area contributed by atoms with Crippen molar-refractivity contribution in [2.75, 3.05) is 6.26 Å². The first kappa shape index (κ1) is 12.8. The van der Waals surface area contributed by atoms with Crippen molar-refractivity contribution in [3.05, 3.63) is 29.8 Å². The van der Waals surface area contributed by atoms with Crippen LogP contribution in [0.3, 0.4) is 0 Å². The molecule has 1 saturated carbocycles. The van der Waals surface area contributed by atoms with Crippen LogP contribution in [-0.2, 0) is 0 Å². The van der Waals surface area contributed by atoms with Crippen molar-refractivity contribution < 1.29 is 4.74 Å². The molecule has 0 bridgehead atoms. The van der Waals surface area contributed by atoms with Crippen LogP contribution in [0.25, 0.3) is 0 Å². The van der Waals surface area contributed by atoms with E-state index < -0.39 is 0 Å². The standard InChI is InChI=1S/C14H21NOS/c1-10(2)11-5-4-6-13(7-11)16-14-8-12(9-14)15-17-3/h4-7,10,12,14-15H,8-9H2,1-3H3/t12-,14-. The van der Waals surface area contributed by atoms with Crippen molar-refractivity contribution >= 4 is 11.9 Å². The Balaban J connectivity index is 1.86. The molecule has 0 heterocycles. The van der Waals surface area contributed by atoms with E-state index in [1.807, 2.05) is 0 Å². The highest BCUT2D eigenvalue weighted by Crippen LogP contribution is 2.28. The van der Waals surface area contributed by atoms with Gasteiger partial charge in [0, 0.05) is 18.9 Å². The molecule has 0 aliphatic heterocycles. The van der Waals surface area contributed by atoms with Crippen LogP contribution in [0.5, 0.6) is 5.75 Å². The normalized spacial score (nSPS) is 23.5. The number of ether oxygens (including phenoxy) is 1. The highest BCUT2D eigenvalue weighted by atomic mass is 32.2. The third kappa shape index (κ3) is 3.39. The lowest BCUT2D eigenvalue weighted by Crippen LogP contribution is -2.44. The summed E-state index contributed by atoms with van der Waals surface area (Å²) in [6, 6.07) is 9.10. The Bertz CT molecular complexity index is 361. The molecule has 0 atom stereocenters. The van der Waals surface area contributed by atoms with Crippen LogP contribution in [0.1, 0.15) is 38.2 Å². The minimum Gasteiger partial charge on any atom is -0.490 e. The summed E-state index contributed by atoms with van der Waals surface area (Å²) in [5.41, 5.74) is 1.35. The Labute approximate surface area is 108 Å². The molecule has 94 valence electrons. The van der Waals surface area contributed by atoms with Crippen LogP contribution in [0.15, 0.2) is 24.3 Å². The maximum absolute atomic E-state index is 5.97.